The molecule has 0 radical (unpaired) electrons. The van der Waals surface area contributed by atoms with Crippen molar-refractivity contribution in [2.45, 2.75) is 26.1 Å². The van der Waals surface area contributed by atoms with Crippen molar-refractivity contribution in [2.75, 3.05) is 6.54 Å². The van der Waals surface area contributed by atoms with Crippen LogP contribution >= 0.6 is 0 Å². The minimum Gasteiger partial charge on any atom is -0.392 e. The molecule has 1 heterocycles. The maximum Gasteiger partial charge on any atom is 0.123 e. The molecular weight excluding hydrogens is 319 g/mol. The molecule has 0 unspecified atom stereocenters. The van der Waals surface area contributed by atoms with Gasteiger partial charge >= 0.3 is 0 Å². The molecule has 0 saturated carbocycles. The van der Waals surface area contributed by atoms with Crippen LogP contribution in [0.1, 0.15) is 18.2 Å². The zero-order valence-corrected chi connectivity index (χ0v) is 14.1. The third kappa shape index (κ3) is 4.71. The van der Waals surface area contributed by atoms with E-state index in [2.05, 4.69) is 15.5 Å². The number of aromatic nitrogens is 3. The zero-order valence-electron chi connectivity index (χ0n) is 14.1. The largest absolute Gasteiger partial charge is 0.392 e. The minimum absolute atomic E-state index is 0.259. The first kappa shape index (κ1) is 17.3. The second-order valence-electron chi connectivity index (χ2n) is 6.00. The number of rotatable bonds is 7. The van der Waals surface area contributed by atoms with E-state index >= 15 is 0 Å². The molecule has 2 aromatic carbocycles. The molecule has 0 spiro atoms. The second kappa shape index (κ2) is 8.00. The summed E-state index contributed by atoms with van der Waals surface area (Å²) in [4.78, 5) is 1.62. The fraction of sp³-hybridized carbons (Fsp3) is 0.263. The van der Waals surface area contributed by atoms with Gasteiger partial charge in [-0.2, -0.15) is 15.0 Å². The molecule has 3 rings (SSSR count). The van der Waals surface area contributed by atoms with Gasteiger partial charge in [0.15, 0.2) is 0 Å². The van der Waals surface area contributed by atoms with Gasteiger partial charge in [-0.3, -0.25) is 0 Å². The Bertz CT molecular complexity index is 800. The van der Waals surface area contributed by atoms with E-state index in [1.54, 1.807) is 23.9 Å². The van der Waals surface area contributed by atoms with Crippen molar-refractivity contribution in [2.24, 2.45) is 0 Å². The lowest BCUT2D eigenvalue weighted by Gasteiger charge is -2.05. The summed E-state index contributed by atoms with van der Waals surface area (Å²) in [7, 11) is 0. The fourth-order valence-electron chi connectivity index (χ4n) is 2.54. The molecule has 1 atom stereocenters. The lowest BCUT2D eigenvalue weighted by Crippen LogP contribution is -2.24. The summed E-state index contributed by atoms with van der Waals surface area (Å²) in [5, 5.41) is 21.8. The summed E-state index contributed by atoms with van der Waals surface area (Å²) in [6, 6.07) is 16.2. The van der Waals surface area contributed by atoms with Crippen molar-refractivity contribution in [3.8, 4) is 11.3 Å². The van der Waals surface area contributed by atoms with Gasteiger partial charge < -0.3 is 10.4 Å². The lowest BCUT2D eigenvalue weighted by molar-refractivity contribution is 0.191. The summed E-state index contributed by atoms with van der Waals surface area (Å²) < 4.78 is 13.1. The van der Waals surface area contributed by atoms with Crippen LogP contribution in [0.4, 0.5) is 4.39 Å². The molecule has 3 aromatic rings. The average molecular weight is 340 g/mol. The smallest absolute Gasteiger partial charge is 0.123 e. The molecule has 25 heavy (non-hydrogen) atoms. The van der Waals surface area contributed by atoms with Gasteiger partial charge in [0.1, 0.15) is 17.2 Å². The molecule has 1 aromatic heterocycles. The van der Waals surface area contributed by atoms with E-state index in [9.17, 15) is 9.50 Å². The SMILES string of the molecule is C[C@H](O)CNCc1nn(Cc2ccc(F)cc2)nc1-c1ccccc1. The molecule has 0 aliphatic carbocycles. The van der Waals surface area contributed by atoms with Gasteiger partial charge in [-0.25, -0.2) is 4.39 Å². The van der Waals surface area contributed by atoms with Gasteiger partial charge in [0.25, 0.3) is 0 Å². The van der Waals surface area contributed by atoms with Gasteiger partial charge in [-0.05, 0) is 24.6 Å². The van der Waals surface area contributed by atoms with Crippen LogP contribution in [0.25, 0.3) is 11.3 Å². The summed E-state index contributed by atoms with van der Waals surface area (Å²) in [6.45, 7) is 3.20. The van der Waals surface area contributed by atoms with E-state index < -0.39 is 6.10 Å². The number of aliphatic hydroxyl groups excluding tert-OH is 1. The normalized spacial score (nSPS) is 12.3. The molecule has 2 N–H and O–H groups in total. The van der Waals surface area contributed by atoms with Crippen molar-refractivity contribution in [3.63, 3.8) is 0 Å². The second-order valence-corrected chi connectivity index (χ2v) is 6.00. The van der Waals surface area contributed by atoms with Crippen molar-refractivity contribution >= 4 is 0 Å². The Kier molecular flexibility index (Phi) is 5.53. The Morgan fingerprint density at radius 1 is 1.08 bits per heavy atom. The molecule has 0 aliphatic heterocycles. The summed E-state index contributed by atoms with van der Waals surface area (Å²) in [5.74, 6) is -0.259. The Hall–Kier alpha value is -2.57. The van der Waals surface area contributed by atoms with Crippen molar-refractivity contribution in [3.05, 3.63) is 71.7 Å². The van der Waals surface area contributed by atoms with Crippen molar-refractivity contribution in [1.29, 1.82) is 0 Å². The predicted molar refractivity (Wildman–Crippen MR) is 94.3 cm³/mol. The summed E-state index contributed by atoms with van der Waals surface area (Å²) in [5.41, 5.74) is 3.54. The highest BCUT2D eigenvalue weighted by molar-refractivity contribution is 5.60. The van der Waals surface area contributed by atoms with E-state index in [-0.39, 0.29) is 5.82 Å². The quantitative estimate of drug-likeness (QED) is 0.694. The van der Waals surface area contributed by atoms with E-state index in [0.717, 1.165) is 22.5 Å². The number of benzene rings is 2. The lowest BCUT2D eigenvalue weighted by atomic mass is 10.1. The first-order valence-electron chi connectivity index (χ1n) is 8.24. The van der Waals surface area contributed by atoms with Gasteiger partial charge in [0, 0.05) is 18.7 Å². The van der Waals surface area contributed by atoms with E-state index in [0.29, 0.717) is 19.6 Å². The number of nitrogens with one attached hydrogen (secondary N) is 1. The highest BCUT2D eigenvalue weighted by Gasteiger charge is 2.13. The Morgan fingerprint density at radius 3 is 2.48 bits per heavy atom. The van der Waals surface area contributed by atoms with Crippen molar-refractivity contribution < 1.29 is 9.50 Å². The number of nitrogens with zero attached hydrogens (tertiary/aromatic N) is 3. The van der Waals surface area contributed by atoms with E-state index in [1.165, 1.54) is 12.1 Å². The first-order valence-corrected chi connectivity index (χ1v) is 8.24. The van der Waals surface area contributed by atoms with Crippen LogP contribution in [-0.2, 0) is 13.1 Å². The van der Waals surface area contributed by atoms with Crippen LogP contribution in [0.15, 0.2) is 54.6 Å². The highest BCUT2D eigenvalue weighted by Crippen LogP contribution is 2.20. The third-order valence-corrected chi connectivity index (χ3v) is 3.74. The maximum atomic E-state index is 13.1. The highest BCUT2D eigenvalue weighted by atomic mass is 19.1. The number of hydrogen-bond acceptors (Lipinski definition) is 4. The monoisotopic (exact) mass is 340 g/mol. The standard InChI is InChI=1S/C19H21FN4O/c1-14(25)11-21-12-18-19(16-5-3-2-4-6-16)23-24(22-18)13-15-7-9-17(20)10-8-15/h2-10,14,21,25H,11-13H2,1H3/t14-/m0/s1. The molecule has 0 fully saturated rings. The summed E-state index contributed by atoms with van der Waals surface area (Å²) >= 11 is 0. The van der Waals surface area contributed by atoms with Gasteiger partial charge in [0.05, 0.1) is 12.6 Å². The fourth-order valence-corrected chi connectivity index (χ4v) is 2.54. The van der Waals surface area contributed by atoms with Crippen LogP contribution < -0.4 is 5.32 Å². The molecule has 6 heteroatoms. The van der Waals surface area contributed by atoms with Crippen LogP contribution in [-0.4, -0.2) is 32.7 Å². The molecular formula is C19H21FN4O. The molecule has 0 saturated heterocycles. The molecule has 5 nitrogen and oxygen atoms in total. The number of hydrogen-bond donors (Lipinski definition) is 2. The van der Waals surface area contributed by atoms with E-state index in [4.69, 9.17) is 0 Å². The van der Waals surface area contributed by atoms with Gasteiger partial charge in [0.2, 0.25) is 0 Å². The van der Waals surface area contributed by atoms with Crippen LogP contribution in [0.5, 0.6) is 0 Å². The minimum atomic E-state index is -0.422. The number of halogens is 1. The molecule has 130 valence electrons. The third-order valence-electron chi connectivity index (χ3n) is 3.74. The first-order chi connectivity index (χ1) is 12.1. The van der Waals surface area contributed by atoms with Crippen LogP contribution in [0.2, 0.25) is 0 Å². The molecule has 0 aliphatic rings. The van der Waals surface area contributed by atoms with Gasteiger partial charge in [-0.1, -0.05) is 42.5 Å². The van der Waals surface area contributed by atoms with Gasteiger partial charge in [-0.15, -0.1) is 0 Å². The molecule has 0 amide bonds. The topological polar surface area (TPSA) is 63.0 Å². The van der Waals surface area contributed by atoms with Crippen LogP contribution in [0, 0.1) is 5.82 Å². The zero-order chi connectivity index (χ0) is 17.6. The van der Waals surface area contributed by atoms with Crippen molar-refractivity contribution in [1.82, 2.24) is 20.3 Å². The average Bonchev–Trinajstić information content (AvgIpc) is 3.00. The Balaban J connectivity index is 1.84. The van der Waals surface area contributed by atoms with E-state index in [1.807, 2.05) is 30.3 Å². The summed E-state index contributed by atoms with van der Waals surface area (Å²) in [6.07, 6.45) is -0.422. The van der Waals surface area contributed by atoms with Crippen LogP contribution in [0.3, 0.4) is 0 Å². The Labute approximate surface area is 146 Å². The predicted octanol–water partition coefficient (Wildman–Crippen LogP) is 2.60. The molecule has 0 bridgehead atoms. The number of aliphatic hydroxyl groups is 1. The maximum absolute atomic E-state index is 13.1. The Morgan fingerprint density at radius 2 is 1.80 bits per heavy atom.